The number of esters is 1. The monoisotopic (exact) mass is 289 g/mol. The molecule has 0 spiro atoms. The zero-order valence-electron chi connectivity index (χ0n) is 12.9. The van der Waals surface area contributed by atoms with Gasteiger partial charge in [-0.3, -0.25) is 14.5 Å². The number of rotatable bonds is 13. The normalized spacial score (nSPS) is 10.8. The van der Waals surface area contributed by atoms with E-state index in [-0.39, 0.29) is 24.6 Å². The second-order valence-corrected chi connectivity index (χ2v) is 4.46. The summed E-state index contributed by atoms with van der Waals surface area (Å²) in [5, 5.41) is 0. The van der Waals surface area contributed by atoms with Crippen LogP contribution >= 0.6 is 0 Å². The highest BCUT2D eigenvalue weighted by molar-refractivity contribution is 5.84. The molecule has 0 aromatic rings. The molecule has 6 heteroatoms. The first-order chi connectivity index (χ1) is 9.63. The minimum Gasteiger partial charge on any atom is -0.466 e. The summed E-state index contributed by atoms with van der Waals surface area (Å²) < 4.78 is 14.8. The molecule has 0 amide bonds. The van der Waals surface area contributed by atoms with Crippen LogP contribution in [0.5, 0.6) is 0 Å². The largest absolute Gasteiger partial charge is 0.466 e. The van der Waals surface area contributed by atoms with Crippen LogP contribution in [0, 0.1) is 0 Å². The van der Waals surface area contributed by atoms with Gasteiger partial charge in [0.25, 0.3) is 0 Å². The van der Waals surface area contributed by atoms with Crippen molar-refractivity contribution in [1.82, 2.24) is 4.90 Å². The Morgan fingerprint density at radius 1 is 1.00 bits per heavy atom. The zero-order valence-corrected chi connectivity index (χ0v) is 12.9. The number of carbonyl (C=O) groups excluding carboxylic acids is 2. The second kappa shape index (κ2) is 13.0. The maximum absolute atomic E-state index is 11.8. The highest BCUT2D eigenvalue weighted by Gasteiger charge is 2.12. The molecule has 0 unspecified atom stereocenters. The molecule has 118 valence electrons. The number of ketones is 1. The van der Waals surface area contributed by atoms with E-state index in [1.807, 2.05) is 4.90 Å². The van der Waals surface area contributed by atoms with Crippen LogP contribution in [0.4, 0.5) is 0 Å². The number of nitrogens with zero attached hydrogens (tertiary/aromatic N) is 1. The molecule has 20 heavy (non-hydrogen) atoms. The molecule has 0 atom stereocenters. The van der Waals surface area contributed by atoms with Crippen LogP contribution in [-0.4, -0.2) is 70.3 Å². The summed E-state index contributed by atoms with van der Waals surface area (Å²) in [6.07, 6.45) is 1.25. The van der Waals surface area contributed by atoms with Crippen molar-refractivity contribution < 1.29 is 23.8 Å². The van der Waals surface area contributed by atoms with Gasteiger partial charge in [-0.1, -0.05) is 0 Å². The van der Waals surface area contributed by atoms with Crippen LogP contribution < -0.4 is 0 Å². The van der Waals surface area contributed by atoms with Crippen molar-refractivity contribution in [3.63, 3.8) is 0 Å². The highest BCUT2D eigenvalue weighted by Crippen LogP contribution is 1.99. The van der Waals surface area contributed by atoms with Crippen molar-refractivity contribution in [2.75, 3.05) is 53.7 Å². The van der Waals surface area contributed by atoms with E-state index in [4.69, 9.17) is 14.2 Å². The van der Waals surface area contributed by atoms with Gasteiger partial charge in [0, 0.05) is 40.3 Å². The summed E-state index contributed by atoms with van der Waals surface area (Å²) in [7, 11) is 3.29. The lowest BCUT2D eigenvalue weighted by Gasteiger charge is -2.20. The fourth-order valence-corrected chi connectivity index (χ4v) is 1.73. The predicted molar refractivity (Wildman–Crippen MR) is 75.7 cm³/mol. The van der Waals surface area contributed by atoms with Gasteiger partial charge in [0.2, 0.25) is 0 Å². The Hall–Kier alpha value is -0.980. The van der Waals surface area contributed by atoms with Crippen molar-refractivity contribution in [3.05, 3.63) is 0 Å². The first kappa shape index (κ1) is 19.0. The predicted octanol–water partition coefficient (Wildman–Crippen LogP) is 0.884. The molecule has 6 nitrogen and oxygen atoms in total. The molecule has 0 fully saturated rings. The van der Waals surface area contributed by atoms with E-state index >= 15 is 0 Å². The van der Waals surface area contributed by atoms with Crippen LogP contribution in [0.3, 0.4) is 0 Å². The van der Waals surface area contributed by atoms with Crippen LogP contribution in [0.25, 0.3) is 0 Å². The van der Waals surface area contributed by atoms with Gasteiger partial charge >= 0.3 is 5.97 Å². The van der Waals surface area contributed by atoms with Crippen molar-refractivity contribution in [1.29, 1.82) is 0 Å². The standard InChI is InChI=1S/C14H27NO5/c1-4-20-14(17)7-6-13(16)12-15(9-11-19-3)8-5-10-18-2/h4-12H2,1-3H3. The van der Waals surface area contributed by atoms with E-state index in [0.29, 0.717) is 32.9 Å². The fourth-order valence-electron chi connectivity index (χ4n) is 1.73. The lowest BCUT2D eigenvalue weighted by atomic mass is 10.2. The minimum atomic E-state index is -0.316. The first-order valence-corrected chi connectivity index (χ1v) is 7.01. The van der Waals surface area contributed by atoms with E-state index in [0.717, 1.165) is 13.0 Å². The van der Waals surface area contributed by atoms with Crippen molar-refractivity contribution in [2.45, 2.75) is 26.2 Å². The highest BCUT2D eigenvalue weighted by atomic mass is 16.5. The third-order valence-corrected chi connectivity index (χ3v) is 2.75. The van der Waals surface area contributed by atoms with Crippen LogP contribution in [-0.2, 0) is 23.8 Å². The molecule has 0 aromatic carbocycles. The van der Waals surface area contributed by atoms with E-state index in [2.05, 4.69) is 0 Å². The Bertz CT molecular complexity index is 270. The molecule has 0 aliphatic heterocycles. The Labute approximate surface area is 121 Å². The summed E-state index contributed by atoms with van der Waals surface area (Å²) in [5.41, 5.74) is 0. The number of ether oxygens (including phenoxy) is 3. The van der Waals surface area contributed by atoms with Gasteiger partial charge in [0.15, 0.2) is 0 Å². The number of hydrogen-bond donors (Lipinski definition) is 0. The third-order valence-electron chi connectivity index (χ3n) is 2.75. The molecule has 0 saturated heterocycles. The van der Waals surface area contributed by atoms with E-state index in [9.17, 15) is 9.59 Å². The van der Waals surface area contributed by atoms with Crippen LogP contribution in [0.15, 0.2) is 0 Å². The first-order valence-electron chi connectivity index (χ1n) is 7.01. The number of Topliss-reactive ketones (excluding diaryl/α,β-unsaturated/α-hetero) is 1. The zero-order chi connectivity index (χ0) is 15.2. The molecular formula is C14H27NO5. The van der Waals surface area contributed by atoms with Gasteiger partial charge in [0.05, 0.1) is 26.2 Å². The van der Waals surface area contributed by atoms with Gasteiger partial charge in [0.1, 0.15) is 5.78 Å². The number of methoxy groups -OCH3 is 2. The molecule has 0 heterocycles. The SMILES string of the molecule is CCOC(=O)CCC(=O)CN(CCCOC)CCOC. The van der Waals surface area contributed by atoms with Gasteiger partial charge in [-0.2, -0.15) is 0 Å². The van der Waals surface area contributed by atoms with Gasteiger partial charge in [-0.05, 0) is 13.3 Å². The molecule has 0 rings (SSSR count). The summed E-state index contributed by atoms with van der Waals surface area (Å²) >= 11 is 0. The molecule has 0 aromatic heterocycles. The molecule has 0 N–H and O–H groups in total. The van der Waals surface area contributed by atoms with Gasteiger partial charge in [-0.15, -0.1) is 0 Å². The molecule has 0 radical (unpaired) electrons. The summed E-state index contributed by atoms with van der Waals surface area (Å²) in [5.74, 6) is -0.268. The molecule has 0 saturated carbocycles. The maximum atomic E-state index is 11.8. The Morgan fingerprint density at radius 2 is 1.70 bits per heavy atom. The van der Waals surface area contributed by atoms with E-state index in [1.54, 1.807) is 21.1 Å². The molecule has 0 aliphatic carbocycles. The third kappa shape index (κ3) is 10.9. The minimum absolute atomic E-state index is 0.0478. The summed E-state index contributed by atoms with van der Waals surface area (Å²) in [6.45, 7) is 5.17. The number of hydrogen-bond acceptors (Lipinski definition) is 6. The van der Waals surface area contributed by atoms with Crippen molar-refractivity contribution in [3.8, 4) is 0 Å². The van der Waals surface area contributed by atoms with Crippen molar-refractivity contribution in [2.24, 2.45) is 0 Å². The number of carbonyl (C=O) groups is 2. The average molecular weight is 289 g/mol. The smallest absolute Gasteiger partial charge is 0.306 e. The Kier molecular flexibility index (Phi) is 12.4. The van der Waals surface area contributed by atoms with Gasteiger partial charge < -0.3 is 14.2 Å². The van der Waals surface area contributed by atoms with E-state index < -0.39 is 0 Å². The quantitative estimate of drug-likeness (QED) is 0.370. The molecular weight excluding hydrogens is 262 g/mol. The summed E-state index contributed by atoms with van der Waals surface area (Å²) in [6, 6.07) is 0. The van der Waals surface area contributed by atoms with Gasteiger partial charge in [-0.25, -0.2) is 0 Å². The van der Waals surface area contributed by atoms with Crippen LogP contribution in [0.1, 0.15) is 26.2 Å². The second-order valence-electron chi connectivity index (χ2n) is 4.46. The average Bonchev–Trinajstić information content (AvgIpc) is 2.43. The molecule has 0 aliphatic rings. The maximum Gasteiger partial charge on any atom is 0.306 e. The van der Waals surface area contributed by atoms with E-state index in [1.165, 1.54) is 0 Å². The lowest BCUT2D eigenvalue weighted by Crippen LogP contribution is -2.34. The molecule has 0 bridgehead atoms. The summed E-state index contributed by atoms with van der Waals surface area (Å²) in [4.78, 5) is 25.1. The topological polar surface area (TPSA) is 65.1 Å². The Balaban J connectivity index is 3.99. The fraction of sp³-hybridized carbons (Fsp3) is 0.857. The van der Waals surface area contributed by atoms with Crippen LogP contribution in [0.2, 0.25) is 0 Å². The Morgan fingerprint density at radius 3 is 2.30 bits per heavy atom. The van der Waals surface area contributed by atoms with Crippen molar-refractivity contribution >= 4 is 11.8 Å². The lowest BCUT2D eigenvalue weighted by molar-refractivity contribution is -0.144.